The third-order valence-electron chi connectivity index (χ3n) is 3.35. The van der Waals surface area contributed by atoms with Crippen LogP contribution in [-0.4, -0.2) is 42.0 Å². The van der Waals surface area contributed by atoms with Crippen molar-refractivity contribution in [2.75, 3.05) is 31.1 Å². The first-order valence-corrected chi connectivity index (χ1v) is 7.31. The number of rotatable bonds is 2. The van der Waals surface area contributed by atoms with Crippen molar-refractivity contribution in [3.63, 3.8) is 0 Å². The van der Waals surface area contributed by atoms with E-state index in [0.29, 0.717) is 18.7 Å². The van der Waals surface area contributed by atoms with Gasteiger partial charge in [0.05, 0.1) is 0 Å². The van der Waals surface area contributed by atoms with Crippen molar-refractivity contribution in [1.29, 1.82) is 0 Å². The van der Waals surface area contributed by atoms with E-state index in [1.54, 1.807) is 22.4 Å². The van der Waals surface area contributed by atoms with Gasteiger partial charge in [-0.1, -0.05) is 0 Å². The first-order valence-electron chi connectivity index (χ1n) is 6.43. The summed E-state index contributed by atoms with van der Waals surface area (Å²) >= 11 is 1.61. The number of carbonyl (C=O) groups is 1. The zero-order valence-electron chi connectivity index (χ0n) is 10.8. The van der Waals surface area contributed by atoms with Crippen LogP contribution in [0.3, 0.4) is 0 Å². The summed E-state index contributed by atoms with van der Waals surface area (Å²) in [6.45, 7) is 2.88. The lowest BCUT2D eigenvalue weighted by Gasteiger charge is -2.34. The number of amides is 1. The zero-order valence-corrected chi connectivity index (χ0v) is 11.6. The molecule has 0 saturated carbocycles. The van der Waals surface area contributed by atoms with Crippen LogP contribution < -0.4 is 4.90 Å². The van der Waals surface area contributed by atoms with Crippen molar-refractivity contribution >= 4 is 22.4 Å². The molecule has 0 spiro atoms. The summed E-state index contributed by atoms with van der Waals surface area (Å²) in [4.78, 5) is 20.5. The van der Waals surface area contributed by atoms with E-state index in [1.165, 1.54) is 24.3 Å². The molecular weight excluding hydrogens is 277 g/mol. The summed E-state index contributed by atoms with van der Waals surface area (Å²) in [6, 6.07) is 5.70. The summed E-state index contributed by atoms with van der Waals surface area (Å²) in [5, 5.41) is 2.95. The average Bonchev–Trinajstić information content (AvgIpc) is 3.02. The van der Waals surface area contributed by atoms with Gasteiger partial charge in [0.25, 0.3) is 5.91 Å². The van der Waals surface area contributed by atoms with Crippen LogP contribution in [0.15, 0.2) is 35.8 Å². The molecule has 1 fully saturated rings. The molecule has 2 aromatic rings. The fourth-order valence-corrected chi connectivity index (χ4v) is 2.94. The molecular formula is C14H14FN3OS. The molecule has 1 amide bonds. The molecule has 0 unspecified atom stereocenters. The number of carbonyl (C=O) groups excluding carboxylic acids is 1. The number of nitrogens with zero attached hydrogens (tertiary/aromatic N) is 3. The molecule has 4 nitrogen and oxygen atoms in total. The number of piperazine rings is 1. The Morgan fingerprint density at radius 3 is 2.45 bits per heavy atom. The Labute approximate surface area is 120 Å². The molecule has 1 aliphatic heterocycles. The van der Waals surface area contributed by atoms with Crippen molar-refractivity contribution in [3.05, 3.63) is 47.2 Å². The van der Waals surface area contributed by atoms with Gasteiger partial charge >= 0.3 is 0 Å². The molecule has 0 bridgehead atoms. The quantitative estimate of drug-likeness (QED) is 0.851. The van der Waals surface area contributed by atoms with Crippen LogP contribution in [0, 0.1) is 5.82 Å². The Hall–Kier alpha value is -1.95. The van der Waals surface area contributed by atoms with Gasteiger partial charge in [-0.25, -0.2) is 9.37 Å². The molecule has 0 aliphatic carbocycles. The van der Waals surface area contributed by atoms with Crippen molar-refractivity contribution < 1.29 is 9.18 Å². The first kappa shape index (κ1) is 13.1. The monoisotopic (exact) mass is 291 g/mol. The van der Waals surface area contributed by atoms with Gasteiger partial charge in [-0.05, 0) is 24.3 Å². The molecule has 6 heteroatoms. The number of hydrogen-bond donors (Lipinski definition) is 0. The summed E-state index contributed by atoms with van der Waals surface area (Å²) in [7, 11) is 0. The molecule has 1 aliphatic rings. The van der Waals surface area contributed by atoms with Crippen molar-refractivity contribution in [2.24, 2.45) is 0 Å². The van der Waals surface area contributed by atoms with E-state index in [1.807, 2.05) is 5.38 Å². The SMILES string of the molecule is O=C(c1ccc(F)cc1)N1CCN(c2nccs2)CC1. The van der Waals surface area contributed by atoms with E-state index in [0.717, 1.165) is 18.2 Å². The first-order chi connectivity index (χ1) is 9.74. The van der Waals surface area contributed by atoms with Gasteiger partial charge in [-0.3, -0.25) is 4.79 Å². The van der Waals surface area contributed by atoms with E-state index in [-0.39, 0.29) is 11.7 Å². The maximum absolute atomic E-state index is 12.9. The van der Waals surface area contributed by atoms with E-state index in [9.17, 15) is 9.18 Å². The molecule has 20 heavy (non-hydrogen) atoms. The highest BCUT2D eigenvalue weighted by Gasteiger charge is 2.23. The Morgan fingerprint density at radius 2 is 1.85 bits per heavy atom. The molecule has 3 rings (SSSR count). The average molecular weight is 291 g/mol. The van der Waals surface area contributed by atoms with Crippen LogP contribution >= 0.6 is 11.3 Å². The fourth-order valence-electron chi connectivity index (χ4n) is 2.25. The normalized spacial score (nSPS) is 15.4. The van der Waals surface area contributed by atoms with Crippen molar-refractivity contribution in [1.82, 2.24) is 9.88 Å². The smallest absolute Gasteiger partial charge is 0.253 e. The van der Waals surface area contributed by atoms with E-state index in [2.05, 4.69) is 9.88 Å². The predicted molar refractivity (Wildman–Crippen MR) is 76.6 cm³/mol. The molecule has 0 atom stereocenters. The van der Waals surface area contributed by atoms with E-state index >= 15 is 0 Å². The minimum atomic E-state index is -0.324. The molecule has 1 aromatic carbocycles. The molecule has 1 aromatic heterocycles. The zero-order chi connectivity index (χ0) is 13.9. The highest BCUT2D eigenvalue weighted by Crippen LogP contribution is 2.19. The van der Waals surface area contributed by atoms with Crippen LogP contribution in [0.25, 0.3) is 0 Å². The third kappa shape index (κ3) is 2.65. The van der Waals surface area contributed by atoms with Gasteiger partial charge in [0.2, 0.25) is 0 Å². The van der Waals surface area contributed by atoms with Gasteiger partial charge in [-0.15, -0.1) is 11.3 Å². The lowest BCUT2D eigenvalue weighted by molar-refractivity contribution is 0.0746. The Kier molecular flexibility index (Phi) is 3.64. The Morgan fingerprint density at radius 1 is 1.15 bits per heavy atom. The minimum absolute atomic E-state index is 0.0382. The standard InChI is InChI=1S/C14H14FN3OS/c15-12-3-1-11(2-4-12)13(19)17-6-8-18(9-7-17)14-16-5-10-20-14/h1-5,10H,6-9H2. The second kappa shape index (κ2) is 5.58. The molecule has 104 valence electrons. The molecule has 0 radical (unpaired) electrons. The maximum atomic E-state index is 12.9. The summed E-state index contributed by atoms with van der Waals surface area (Å²) in [5.41, 5.74) is 0.536. The predicted octanol–water partition coefficient (Wildman–Crippen LogP) is 2.24. The van der Waals surface area contributed by atoms with Gasteiger partial charge < -0.3 is 9.80 Å². The fraction of sp³-hybridized carbons (Fsp3) is 0.286. The molecule has 1 saturated heterocycles. The summed E-state index contributed by atoms with van der Waals surface area (Å²) in [5.74, 6) is -0.362. The van der Waals surface area contributed by atoms with Crippen LogP contribution in [-0.2, 0) is 0 Å². The maximum Gasteiger partial charge on any atom is 0.253 e. The van der Waals surface area contributed by atoms with Crippen LogP contribution in [0.4, 0.5) is 9.52 Å². The largest absolute Gasteiger partial charge is 0.345 e. The topological polar surface area (TPSA) is 36.4 Å². The highest BCUT2D eigenvalue weighted by atomic mass is 32.1. The Balaban J connectivity index is 1.63. The van der Waals surface area contributed by atoms with Gasteiger partial charge in [-0.2, -0.15) is 0 Å². The number of anilines is 1. The number of thiazole rings is 1. The number of halogens is 1. The Bertz CT molecular complexity index is 577. The molecule has 0 N–H and O–H groups in total. The van der Waals surface area contributed by atoms with Gasteiger partial charge in [0.15, 0.2) is 5.13 Å². The lowest BCUT2D eigenvalue weighted by atomic mass is 10.2. The van der Waals surface area contributed by atoms with E-state index in [4.69, 9.17) is 0 Å². The van der Waals surface area contributed by atoms with Gasteiger partial charge in [0.1, 0.15) is 5.82 Å². The summed E-state index contributed by atoms with van der Waals surface area (Å²) < 4.78 is 12.9. The number of hydrogen-bond acceptors (Lipinski definition) is 4. The number of benzene rings is 1. The van der Waals surface area contributed by atoms with Crippen molar-refractivity contribution in [2.45, 2.75) is 0 Å². The summed E-state index contributed by atoms with van der Waals surface area (Å²) in [6.07, 6.45) is 1.79. The highest BCUT2D eigenvalue weighted by molar-refractivity contribution is 7.13. The van der Waals surface area contributed by atoms with Crippen molar-refractivity contribution in [3.8, 4) is 0 Å². The second-order valence-corrected chi connectivity index (χ2v) is 5.47. The lowest BCUT2D eigenvalue weighted by Crippen LogP contribution is -2.48. The van der Waals surface area contributed by atoms with Gasteiger partial charge in [0, 0.05) is 43.3 Å². The van der Waals surface area contributed by atoms with Crippen LogP contribution in [0.1, 0.15) is 10.4 Å². The van der Waals surface area contributed by atoms with Crippen LogP contribution in [0.2, 0.25) is 0 Å². The van der Waals surface area contributed by atoms with E-state index < -0.39 is 0 Å². The van der Waals surface area contributed by atoms with Crippen LogP contribution in [0.5, 0.6) is 0 Å². The second-order valence-electron chi connectivity index (χ2n) is 4.60. The molecule has 2 heterocycles. The minimum Gasteiger partial charge on any atom is -0.345 e. The number of aromatic nitrogens is 1. The third-order valence-corrected chi connectivity index (χ3v) is 4.18.